The Morgan fingerprint density at radius 1 is 1.09 bits per heavy atom. The highest BCUT2D eigenvalue weighted by atomic mass is 16.5. The van der Waals surface area contributed by atoms with E-state index >= 15 is 0 Å². The summed E-state index contributed by atoms with van der Waals surface area (Å²) in [7, 11) is 1.30. The first-order chi connectivity index (χ1) is 11.0. The first-order valence-electron chi connectivity index (χ1n) is 7.43. The lowest BCUT2D eigenvalue weighted by Crippen LogP contribution is -2.25. The second-order valence-corrected chi connectivity index (χ2v) is 5.55. The van der Waals surface area contributed by atoms with Gasteiger partial charge in [-0.3, -0.25) is 4.79 Å². The summed E-state index contributed by atoms with van der Waals surface area (Å²) < 4.78 is 4.60. The number of hydrogen-bond donors (Lipinski definition) is 1. The Balaban J connectivity index is 2.14. The molecular weight excluding hydrogens is 292 g/mol. The van der Waals surface area contributed by atoms with Crippen LogP contribution in [0.1, 0.15) is 35.8 Å². The first-order valence-corrected chi connectivity index (χ1v) is 7.43. The summed E-state index contributed by atoms with van der Waals surface area (Å²) in [5.74, 6) is -0.706. The largest absolute Gasteiger partial charge is 0.464 e. The summed E-state index contributed by atoms with van der Waals surface area (Å²) in [5, 5.41) is 2.85. The summed E-state index contributed by atoms with van der Waals surface area (Å²) >= 11 is 0. The molecule has 5 heteroatoms. The average Bonchev–Trinajstić information content (AvgIpc) is 2.55. The topological polar surface area (TPSA) is 68.3 Å². The van der Waals surface area contributed by atoms with Crippen molar-refractivity contribution >= 4 is 17.6 Å². The number of benzene rings is 1. The van der Waals surface area contributed by atoms with Crippen molar-refractivity contribution in [2.24, 2.45) is 5.92 Å². The molecule has 1 amide bonds. The molecule has 0 fully saturated rings. The van der Waals surface area contributed by atoms with Gasteiger partial charge in [0.2, 0.25) is 5.91 Å². The van der Waals surface area contributed by atoms with E-state index in [0.717, 1.165) is 5.56 Å². The van der Waals surface area contributed by atoms with Crippen LogP contribution >= 0.6 is 0 Å². The zero-order valence-electron chi connectivity index (χ0n) is 13.4. The van der Waals surface area contributed by atoms with Crippen molar-refractivity contribution < 1.29 is 14.3 Å². The Morgan fingerprint density at radius 2 is 1.78 bits per heavy atom. The highest BCUT2D eigenvalue weighted by molar-refractivity contribution is 5.96. The highest BCUT2D eigenvalue weighted by Crippen LogP contribution is 2.26. The minimum atomic E-state index is -0.507. The second-order valence-electron chi connectivity index (χ2n) is 5.55. The van der Waals surface area contributed by atoms with Crippen LogP contribution in [0.3, 0.4) is 0 Å². The van der Waals surface area contributed by atoms with Gasteiger partial charge in [-0.15, -0.1) is 0 Å². The lowest BCUT2D eigenvalue weighted by Gasteiger charge is -2.20. The molecule has 120 valence electrons. The highest BCUT2D eigenvalue weighted by Gasteiger charge is 2.24. The maximum atomic E-state index is 12.6. The van der Waals surface area contributed by atoms with E-state index in [1.54, 1.807) is 6.07 Å². The number of amides is 1. The molecule has 0 aliphatic carbocycles. The lowest BCUT2D eigenvalue weighted by atomic mass is 9.87. The third-order valence-corrected chi connectivity index (χ3v) is 3.53. The van der Waals surface area contributed by atoms with E-state index in [1.165, 1.54) is 19.4 Å². The molecule has 1 aromatic heterocycles. The fraction of sp³-hybridized carbons (Fsp3) is 0.278. The van der Waals surface area contributed by atoms with Crippen LogP contribution < -0.4 is 5.32 Å². The molecule has 0 bridgehead atoms. The zero-order chi connectivity index (χ0) is 16.8. The molecule has 1 heterocycles. The fourth-order valence-corrected chi connectivity index (χ4v) is 2.41. The van der Waals surface area contributed by atoms with Gasteiger partial charge >= 0.3 is 5.97 Å². The second kappa shape index (κ2) is 7.54. The number of methoxy groups -OCH3 is 1. The normalized spacial score (nSPS) is 11.8. The number of esters is 1. The van der Waals surface area contributed by atoms with Gasteiger partial charge in [-0.25, -0.2) is 9.78 Å². The van der Waals surface area contributed by atoms with E-state index in [2.05, 4.69) is 15.0 Å². The minimum Gasteiger partial charge on any atom is -0.464 e. The van der Waals surface area contributed by atoms with E-state index in [1.807, 2.05) is 44.2 Å². The van der Waals surface area contributed by atoms with Crippen molar-refractivity contribution in [1.29, 1.82) is 0 Å². The number of rotatable bonds is 5. The standard InChI is InChI=1S/C18H20N2O3/c1-12(2)16(13-7-5-4-6-8-13)17(21)20-14-9-10-15(19-11-14)18(22)23-3/h4-12,16H,1-3H3,(H,20,21)/t16-/m0/s1. The molecular formula is C18H20N2O3. The van der Waals surface area contributed by atoms with Gasteiger partial charge in [0.05, 0.1) is 24.9 Å². The summed E-state index contributed by atoms with van der Waals surface area (Å²) in [6.45, 7) is 4.02. The number of hydrogen-bond acceptors (Lipinski definition) is 4. The monoisotopic (exact) mass is 312 g/mol. The molecule has 2 rings (SSSR count). The average molecular weight is 312 g/mol. The minimum absolute atomic E-state index is 0.0983. The molecule has 0 saturated heterocycles. The Kier molecular flexibility index (Phi) is 5.46. The molecule has 23 heavy (non-hydrogen) atoms. The van der Waals surface area contributed by atoms with Crippen LogP contribution in [-0.4, -0.2) is 24.0 Å². The van der Waals surface area contributed by atoms with E-state index in [9.17, 15) is 9.59 Å². The maximum Gasteiger partial charge on any atom is 0.356 e. The van der Waals surface area contributed by atoms with E-state index in [0.29, 0.717) is 5.69 Å². The summed E-state index contributed by atoms with van der Waals surface area (Å²) in [6.07, 6.45) is 1.45. The number of aromatic nitrogens is 1. The number of anilines is 1. The Hall–Kier alpha value is -2.69. The van der Waals surface area contributed by atoms with Gasteiger partial charge in [-0.2, -0.15) is 0 Å². The number of carbonyl (C=O) groups excluding carboxylic acids is 2. The maximum absolute atomic E-state index is 12.6. The van der Waals surface area contributed by atoms with Crippen molar-refractivity contribution in [2.45, 2.75) is 19.8 Å². The first kappa shape index (κ1) is 16.7. The van der Waals surface area contributed by atoms with Crippen LogP contribution in [0, 0.1) is 5.92 Å². The van der Waals surface area contributed by atoms with E-state index < -0.39 is 5.97 Å². The van der Waals surface area contributed by atoms with Crippen LogP contribution in [0.2, 0.25) is 0 Å². The number of carbonyl (C=O) groups is 2. The predicted octanol–water partition coefficient (Wildman–Crippen LogP) is 3.25. The summed E-state index contributed by atoms with van der Waals surface area (Å²) in [4.78, 5) is 27.9. The Bertz CT molecular complexity index is 666. The zero-order valence-corrected chi connectivity index (χ0v) is 13.4. The van der Waals surface area contributed by atoms with Crippen molar-refractivity contribution in [3.8, 4) is 0 Å². The predicted molar refractivity (Wildman–Crippen MR) is 88.2 cm³/mol. The molecule has 1 aromatic carbocycles. The molecule has 5 nitrogen and oxygen atoms in total. The fourth-order valence-electron chi connectivity index (χ4n) is 2.41. The van der Waals surface area contributed by atoms with Crippen LogP contribution in [0.15, 0.2) is 48.7 Å². The van der Waals surface area contributed by atoms with Crippen molar-refractivity contribution in [1.82, 2.24) is 4.98 Å². The van der Waals surface area contributed by atoms with Gasteiger partial charge in [0.25, 0.3) is 0 Å². The number of nitrogens with one attached hydrogen (secondary N) is 1. The molecule has 0 aliphatic heterocycles. The lowest BCUT2D eigenvalue weighted by molar-refractivity contribution is -0.118. The third-order valence-electron chi connectivity index (χ3n) is 3.53. The van der Waals surface area contributed by atoms with Crippen LogP contribution in [-0.2, 0) is 9.53 Å². The molecule has 0 saturated carbocycles. The SMILES string of the molecule is COC(=O)c1ccc(NC(=O)[C@H](c2ccccc2)C(C)C)cn1. The van der Waals surface area contributed by atoms with Crippen molar-refractivity contribution in [3.05, 3.63) is 59.9 Å². The molecule has 1 N–H and O–H groups in total. The van der Waals surface area contributed by atoms with E-state index in [4.69, 9.17) is 0 Å². The third kappa shape index (κ3) is 4.16. The summed E-state index contributed by atoms with van der Waals surface area (Å²) in [5.41, 5.74) is 1.72. The van der Waals surface area contributed by atoms with Gasteiger partial charge in [0.15, 0.2) is 0 Å². The molecule has 2 aromatic rings. The number of nitrogens with zero attached hydrogens (tertiary/aromatic N) is 1. The molecule has 0 spiro atoms. The number of ether oxygens (including phenoxy) is 1. The van der Waals surface area contributed by atoms with Gasteiger partial charge < -0.3 is 10.1 Å². The Morgan fingerprint density at radius 3 is 2.30 bits per heavy atom. The van der Waals surface area contributed by atoms with Gasteiger partial charge in [0, 0.05) is 0 Å². The molecule has 1 atom stereocenters. The van der Waals surface area contributed by atoms with E-state index in [-0.39, 0.29) is 23.4 Å². The summed E-state index contributed by atoms with van der Waals surface area (Å²) in [6, 6.07) is 12.8. The number of pyridine rings is 1. The van der Waals surface area contributed by atoms with Gasteiger partial charge in [-0.1, -0.05) is 44.2 Å². The molecule has 0 unspecified atom stereocenters. The van der Waals surface area contributed by atoms with Crippen molar-refractivity contribution in [2.75, 3.05) is 12.4 Å². The van der Waals surface area contributed by atoms with Crippen LogP contribution in [0.5, 0.6) is 0 Å². The molecule has 0 radical (unpaired) electrons. The smallest absolute Gasteiger partial charge is 0.356 e. The van der Waals surface area contributed by atoms with Crippen LogP contribution in [0.4, 0.5) is 5.69 Å². The van der Waals surface area contributed by atoms with Crippen LogP contribution in [0.25, 0.3) is 0 Å². The Labute approximate surface area is 135 Å². The molecule has 0 aliphatic rings. The van der Waals surface area contributed by atoms with Gasteiger partial charge in [0.1, 0.15) is 5.69 Å². The van der Waals surface area contributed by atoms with Gasteiger partial charge in [-0.05, 0) is 23.6 Å². The van der Waals surface area contributed by atoms with Crippen molar-refractivity contribution in [3.63, 3.8) is 0 Å². The quantitative estimate of drug-likeness (QED) is 0.861.